The van der Waals surface area contributed by atoms with Crippen LogP contribution in [0.5, 0.6) is 0 Å². The molecule has 0 aliphatic rings. The van der Waals surface area contributed by atoms with Gasteiger partial charge in [-0.25, -0.2) is 0 Å². The first kappa shape index (κ1) is 30.2. The van der Waals surface area contributed by atoms with Crippen molar-refractivity contribution in [1.29, 1.82) is 10.8 Å². The number of nitrogens with zero attached hydrogens (tertiary/aromatic N) is 1. The van der Waals surface area contributed by atoms with E-state index in [9.17, 15) is 0 Å². The molecule has 0 saturated carbocycles. The fourth-order valence-electron chi connectivity index (χ4n) is 7.20. The fraction of sp³-hybridized carbons (Fsp3) is 0. The Morgan fingerprint density at radius 3 is 1.29 bits per heavy atom. The van der Waals surface area contributed by atoms with Gasteiger partial charge in [0.15, 0.2) is 0 Å². The maximum Gasteiger partial charge on any atom is 0.137 e. The van der Waals surface area contributed by atoms with Gasteiger partial charge in [-0.3, -0.25) is 10.8 Å². The van der Waals surface area contributed by atoms with Gasteiger partial charge in [0.25, 0.3) is 0 Å². The van der Waals surface area contributed by atoms with Crippen LogP contribution in [-0.2, 0) is 0 Å². The molecule has 0 unspecified atom stereocenters. The van der Waals surface area contributed by atoms with Crippen molar-refractivity contribution in [2.75, 3.05) is 4.90 Å². The van der Waals surface area contributed by atoms with Crippen LogP contribution >= 0.6 is 11.8 Å². The van der Waals surface area contributed by atoms with E-state index in [-0.39, 0.29) is 0 Å². The van der Waals surface area contributed by atoms with Crippen molar-refractivity contribution in [3.05, 3.63) is 175 Å². The second kappa shape index (κ2) is 12.0. The van der Waals surface area contributed by atoms with Crippen molar-refractivity contribution in [3.8, 4) is 0 Å². The summed E-state index contributed by atoms with van der Waals surface area (Å²) in [6.07, 6.45) is 0. The number of hydrogen-bond acceptors (Lipinski definition) is 6. The summed E-state index contributed by atoms with van der Waals surface area (Å²) in [5, 5.41) is 26.9. The number of benzene rings is 8. The Morgan fingerprint density at radius 2 is 0.788 bits per heavy atom. The molecular formula is C46H29N3O2S. The predicted molar refractivity (Wildman–Crippen MR) is 218 cm³/mol. The summed E-state index contributed by atoms with van der Waals surface area (Å²) in [6.45, 7) is 0. The number of furan rings is 2. The first-order valence-electron chi connectivity index (χ1n) is 17.1. The van der Waals surface area contributed by atoms with Crippen molar-refractivity contribution in [3.63, 3.8) is 0 Å². The second-order valence-electron chi connectivity index (χ2n) is 13.0. The van der Waals surface area contributed by atoms with E-state index in [1.54, 1.807) is 0 Å². The minimum Gasteiger partial charge on any atom is -0.456 e. The van der Waals surface area contributed by atoms with Gasteiger partial charge in [0, 0.05) is 61.9 Å². The van der Waals surface area contributed by atoms with E-state index in [0.717, 1.165) is 94.6 Å². The SMILES string of the molecule is N=C(SC(=N)c1ccc(N(c2ccc3c(c2)oc2cc4ccccc4cc23)c2ccc3c(c2)oc2cc4ccccc4cc23)cc1)c1ccccc1. The molecule has 52 heavy (non-hydrogen) atoms. The first-order chi connectivity index (χ1) is 25.6. The lowest BCUT2D eigenvalue weighted by molar-refractivity contribution is 0.669. The lowest BCUT2D eigenvalue weighted by Crippen LogP contribution is -2.10. The molecule has 0 radical (unpaired) electrons. The molecule has 0 fully saturated rings. The molecule has 0 bridgehead atoms. The van der Waals surface area contributed by atoms with Crippen molar-refractivity contribution in [2.24, 2.45) is 0 Å². The minimum atomic E-state index is 0.319. The maximum atomic E-state index is 8.79. The zero-order valence-corrected chi connectivity index (χ0v) is 28.6. The third-order valence-corrected chi connectivity index (χ3v) is 10.7. The molecule has 2 aromatic heterocycles. The molecule has 0 amide bonds. The van der Waals surface area contributed by atoms with Crippen LogP contribution in [0.1, 0.15) is 11.1 Å². The summed E-state index contributed by atoms with van der Waals surface area (Å²) in [5.41, 5.74) is 7.64. The van der Waals surface area contributed by atoms with Gasteiger partial charge >= 0.3 is 0 Å². The Labute approximate surface area is 302 Å². The van der Waals surface area contributed by atoms with E-state index < -0.39 is 0 Å². The number of anilines is 3. The average molecular weight is 688 g/mol. The second-order valence-corrected chi connectivity index (χ2v) is 14.0. The van der Waals surface area contributed by atoms with Gasteiger partial charge in [-0.2, -0.15) is 0 Å². The summed E-state index contributed by atoms with van der Waals surface area (Å²) in [7, 11) is 0. The molecule has 0 atom stereocenters. The summed E-state index contributed by atoms with van der Waals surface area (Å²) >= 11 is 1.15. The van der Waals surface area contributed by atoms with Crippen LogP contribution in [0.4, 0.5) is 17.1 Å². The average Bonchev–Trinajstić information content (AvgIpc) is 3.72. The van der Waals surface area contributed by atoms with Crippen molar-refractivity contribution in [2.45, 2.75) is 0 Å². The van der Waals surface area contributed by atoms with E-state index in [4.69, 9.17) is 19.7 Å². The smallest absolute Gasteiger partial charge is 0.137 e. The normalized spacial score (nSPS) is 11.7. The van der Waals surface area contributed by atoms with Gasteiger partial charge < -0.3 is 13.7 Å². The van der Waals surface area contributed by atoms with Crippen LogP contribution in [0.3, 0.4) is 0 Å². The van der Waals surface area contributed by atoms with Crippen LogP contribution in [0.15, 0.2) is 173 Å². The van der Waals surface area contributed by atoms with Crippen molar-refractivity contribution < 1.29 is 8.83 Å². The van der Waals surface area contributed by atoms with E-state index in [0.29, 0.717) is 10.1 Å². The van der Waals surface area contributed by atoms with Gasteiger partial charge in [-0.05, 0) is 82.2 Å². The Bertz CT molecular complexity index is 2880. The molecule has 0 aliphatic carbocycles. The van der Waals surface area contributed by atoms with Crippen LogP contribution < -0.4 is 4.90 Å². The lowest BCUT2D eigenvalue weighted by atomic mass is 10.0. The van der Waals surface area contributed by atoms with Gasteiger partial charge in [0.2, 0.25) is 0 Å². The minimum absolute atomic E-state index is 0.319. The van der Waals surface area contributed by atoms with E-state index in [1.165, 1.54) is 10.8 Å². The molecule has 0 aliphatic heterocycles. The zero-order chi connectivity index (χ0) is 34.8. The maximum absolute atomic E-state index is 8.79. The summed E-state index contributed by atoms with van der Waals surface area (Å²) in [6, 6.07) is 55.6. The van der Waals surface area contributed by atoms with E-state index in [1.807, 2.05) is 66.7 Å². The molecule has 6 heteroatoms. The molecule has 10 rings (SSSR count). The Morgan fingerprint density at radius 1 is 0.385 bits per heavy atom. The molecule has 246 valence electrons. The highest BCUT2D eigenvalue weighted by Crippen LogP contribution is 2.42. The number of nitrogens with one attached hydrogen (secondary N) is 2. The summed E-state index contributed by atoms with van der Waals surface area (Å²) in [5.74, 6) is 0. The standard InChI is InChI=1S/C46H29N3O2S/c47-45(28-8-2-1-3-9-28)52-46(48)29-14-16-34(17-15-29)49(35-18-20-37-39-22-30-10-4-6-12-32(30)24-41(39)50-43(37)26-35)36-19-21-38-40-23-31-11-5-7-13-33(31)25-42(40)51-44(38)27-36/h1-27,47-48H. The van der Waals surface area contributed by atoms with E-state index >= 15 is 0 Å². The fourth-order valence-corrected chi connectivity index (χ4v) is 7.91. The molecule has 0 spiro atoms. The van der Waals surface area contributed by atoms with E-state index in [2.05, 4.69) is 102 Å². The number of fused-ring (bicyclic) bond motifs is 8. The molecule has 8 aromatic carbocycles. The van der Waals surface area contributed by atoms with Crippen LogP contribution in [0.25, 0.3) is 65.4 Å². The molecule has 5 nitrogen and oxygen atoms in total. The highest BCUT2D eigenvalue weighted by Gasteiger charge is 2.19. The first-order valence-corrected chi connectivity index (χ1v) is 17.9. The van der Waals surface area contributed by atoms with Crippen LogP contribution in [-0.4, -0.2) is 10.1 Å². The quantitative estimate of drug-likeness (QED) is 0.139. The highest BCUT2D eigenvalue weighted by atomic mass is 32.2. The van der Waals surface area contributed by atoms with Gasteiger partial charge in [-0.1, -0.05) is 103 Å². The highest BCUT2D eigenvalue weighted by molar-refractivity contribution is 8.27. The molecular weight excluding hydrogens is 659 g/mol. The van der Waals surface area contributed by atoms with Gasteiger partial charge in [-0.15, -0.1) is 0 Å². The third-order valence-electron chi connectivity index (χ3n) is 9.79. The monoisotopic (exact) mass is 687 g/mol. The van der Waals surface area contributed by atoms with Gasteiger partial charge in [0.1, 0.15) is 32.4 Å². The summed E-state index contributed by atoms with van der Waals surface area (Å²) in [4.78, 5) is 2.19. The Balaban J connectivity index is 1.08. The van der Waals surface area contributed by atoms with Crippen LogP contribution in [0, 0.1) is 10.8 Å². The topological polar surface area (TPSA) is 77.2 Å². The van der Waals surface area contributed by atoms with Gasteiger partial charge in [0.05, 0.1) is 0 Å². The van der Waals surface area contributed by atoms with Crippen molar-refractivity contribution >= 4 is 104 Å². The largest absolute Gasteiger partial charge is 0.456 e. The molecule has 0 saturated heterocycles. The number of rotatable bonds is 5. The molecule has 10 aromatic rings. The number of hydrogen-bond donors (Lipinski definition) is 2. The lowest BCUT2D eigenvalue weighted by Gasteiger charge is -2.25. The Hall–Kier alpha value is -6.63. The molecule has 2 N–H and O–H groups in total. The summed E-state index contributed by atoms with van der Waals surface area (Å²) < 4.78 is 13.0. The zero-order valence-electron chi connectivity index (χ0n) is 27.8. The molecule has 2 heterocycles. The van der Waals surface area contributed by atoms with Crippen molar-refractivity contribution in [1.82, 2.24) is 0 Å². The third kappa shape index (κ3) is 5.12. The predicted octanol–water partition coefficient (Wildman–Crippen LogP) is 13.3. The number of thioether (sulfide) groups is 1. The Kier molecular flexibility index (Phi) is 6.98. The van der Waals surface area contributed by atoms with Crippen LogP contribution in [0.2, 0.25) is 0 Å².